The van der Waals surface area contributed by atoms with Crippen LogP contribution < -0.4 is 9.64 Å². The molecular weight excluding hydrogens is 475 g/mol. The summed E-state index contributed by atoms with van der Waals surface area (Å²) in [6.45, 7) is 3.97. The van der Waals surface area contributed by atoms with Gasteiger partial charge in [-0.05, 0) is 37.3 Å². The molecule has 0 aliphatic carbocycles. The molecule has 2 aromatic carbocycles. The third kappa shape index (κ3) is 4.38. The van der Waals surface area contributed by atoms with Crippen LogP contribution >= 0.6 is 39.1 Å². The van der Waals surface area contributed by atoms with Crippen molar-refractivity contribution < 1.29 is 13.2 Å². The molecule has 0 saturated carbocycles. The summed E-state index contributed by atoms with van der Waals surface area (Å²) in [5.41, 5.74) is 0.818. The van der Waals surface area contributed by atoms with Crippen molar-refractivity contribution in [2.24, 2.45) is 0 Å². The number of hydrogen-bond acceptors (Lipinski definition) is 4. The van der Waals surface area contributed by atoms with E-state index in [1.807, 2.05) is 24.0 Å². The Morgan fingerprint density at radius 1 is 1.11 bits per heavy atom. The van der Waals surface area contributed by atoms with Gasteiger partial charge < -0.3 is 9.64 Å². The quantitative estimate of drug-likeness (QED) is 0.607. The highest BCUT2D eigenvalue weighted by Gasteiger charge is 2.31. The lowest BCUT2D eigenvalue weighted by Crippen LogP contribution is -2.48. The largest absolute Gasteiger partial charge is 0.492 e. The van der Waals surface area contributed by atoms with E-state index in [9.17, 15) is 8.42 Å². The lowest BCUT2D eigenvalue weighted by molar-refractivity contribution is 0.327. The average molecular weight is 494 g/mol. The Hall–Kier alpha value is -0.990. The highest BCUT2D eigenvalue weighted by atomic mass is 79.9. The van der Waals surface area contributed by atoms with E-state index in [2.05, 4.69) is 15.9 Å². The van der Waals surface area contributed by atoms with Crippen LogP contribution in [0.25, 0.3) is 0 Å². The first-order valence-electron chi connectivity index (χ1n) is 8.46. The summed E-state index contributed by atoms with van der Waals surface area (Å²) in [5, 5.41) is 0.973. The van der Waals surface area contributed by atoms with Crippen molar-refractivity contribution in [2.75, 3.05) is 37.7 Å². The Morgan fingerprint density at radius 3 is 2.48 bits per heavy atom. The number of rotatable bonds is 5. The maximum absolute atomic E-state index is 13.2. The van der Waals surface area contributed by atoms with E-state index in [1.165, 1.54) is 4.31 Å². The van der Waals surface area contributed by atoms with Gasteiger partial charge >= 0.3 is 0 Å². The molecule has 1 aliphatic rings. The van der Waals surface area contributed by atoms with Crippen LogP contribution in [0, 0.1) is 0 Å². The zero-order valence-corrected chi connectivity index (χ0v) is 18.6. The fourth-order valence-electron chi connectivity index (χ4n) is 3.00. The third-order valence-corrected chi connectivity index (χ3v) is 7.56. The van der Waals surface area contributed by atoms with Gasteiger partial charge in [0.25, 0.3) is 0 Å². The Kier molecular flexibility index (Phi) is 6.58. The van der Waals surface area contributed by atoms with Gasteiger partial charge in [0.1, 0.15) is 10.6 Å². The highest BCUT2D eigenvalue weighted by Crippen LogP contribution is 2.34. The smallest absolute Gasteiger partial charge is 0.246 e. The van der Waals surface area contributed by atoms with Crippen LogP contribution in [0.15, 0.2) is 45.8 Å². The first-order chi connectivity index (χ1) is 12.8. The fraction of sp³-hybridized carbons (Fsp3) is 0.333. The van der Waals surface area contributed by atoms with Crippen molar-refractivity contribution in [3.8, 4) is 5.75 Å². The Morgan fingerprint density at radius 2 is 1.81 bits per heavy atom. The minimum absolute atomic E-state index is 0.174. The second-order valence-corrected chi connectivity index (χ2v) is 9.60. The van der Waals surface area contributed by atoms with Crippen LogP contribution in [0.5, 0.6) is 5.75 Å². The van der Waals surface area contributed by atoms with Crippen molar-refractivity contribution in [3.63, 3.8) is 0 Å². The lowest BCUT2D eigenvalue weighted by Gasteiger charge is -2.36. The maximum atomic E-state index is 13.2. The number of sulfonamides is 1. The molecular formula is C18H19BrCl2N2O3S. The molecule has 27 heavy (non-hydrogen) atoms. The topological polar surface area (TPSA) is 49.9 Å². The predicted octanol–water partition coefficient (Wildman–Crippen LogP) is 4.67. The molecule has 5 nitrogen and oxygen atoms in total. The highest BCUT2D eigenvalue weighted by molar-refractivity contribution is 9.10. The number of hydrogen-bond donors (Lipinski definition) is 0. The zero-order chi connectivity index (χ0) is 19.6. The number of anilines is 1. The van der Waals surface area contributed by atoms with Gasteiger partial charge in [-0.2, -0.15) is 4.31 Å². The van der Waals surface area contributed by atoms with Gasteiger partial charge in [0.15, 0.2) is 0 Å². The van der Waals surface area contributed by atoms with Gasteiger partial charge in [0.05, 0.1) is 22.3 Å². The number of piperazine rings is 1. The molecule has 0 unspecified atom stereocenters. The molecule has 0 spiro atoms. The summed E-state index contributed by atoms with van der Waals surface area (Å²) in [5.74, 6) is 0.362. The third-order valence-electron chi connectivity index (χ3n) is 4.33. The van der Waals surface area contributed by atoms with Crippen LogP contribution in [-0.2, 0) is 10.0 Å². The van der Waals surface area contributed by atoms with E-state index >= 15 is 0 Å². The average Bonchev–Trinajstić information content (AvgIpc) is 2.65. The standard InChI is InChI=1S/C18H19BrCl2N2O3S/c1-2-26-16-7-6-13(19)12-17(16)27(24,25)23-10-8-22(9-11-23)15-5-3-4-14(20)18(15)21/h3-7,12H,2,8-11H2,1H3. The molecule has 1 fully saturated rings. The summed E-state index contributed by atoms with van der Waals surface area (Å²) in [6.07, 6.45) is 0. The fourth-order valence-corrected chi connectivity index (χ4v) is 5.51. The van der Waals surface area contributed by atoms with Crippen LogP contribution in [-0.4, -0.2) is 45.5 Å². The first-order valence-corrected chi connectivity index (χ1v) is 11.4. The molecule has 3 rings (SSSR count). The molecule has 2 aromatic rings. The van der Waals surface area contributed by atoms with Gasteiger partial charge in [0.2, 0.25) is 10.0 Å². The summed E-state index contributed by atoms with van der Waals surface area (Å²) in [4.78, 5) is 2.22. The number of nitrogens with zero attached hydrogens (tertiary/aromatic N) is 2. The molecule has 1 heterocycles. The van der Waals surface area contributed by atoms with E-state index in [1.54, 1.807) is 24.3 Å². The van der Waals surface area contributed by atoms with E-state index in [0.29, 0.717) is 53.1 Å². The minimum atomic E-state index is -3.67. The van der Waals surface area contributed by atoms with Crippen LogP contribution in [0.1, 0.15) is 6.92 Å². The normalized spacial score (nSPS) is 15.8. The molecule has 0 bridgehead atoms. The van der Waals surface area contributed by atoms with Crippen LogP contribution in [0.2, 0.25) is 10.0 Å². The van der Waals surface area contributed by atoms with Crippen molar-refractivity contribution >= 4 is 54.8 Å². The SMILES string of the molecule is CCOc1ccc(Br)cc1S(=O)(=O)N1CCN(c2cccc(Cl)c2Cl)CC1. The molecule has 0 atom stereocenters. The molecule has 0 amide bonds. The second-order valence-electron chi connectivity index (χ2n) is 5.99. The molecule has 9 heteroatoms. The number of ether oxygens (including phenoxy) is 1. The maximum Gasteiger partial charge on any atom is 0.246 e. The molecule has 0 radical (unpaired) electrons. The number of benzene rings is 2. The molecule has 0 N–H and O–H groups in total. The zero-order valence-electron chi connectivity index (χ0n) is 14.7. The minimum Gasteiger partial charge on any atom is -0.492 e. The van der Waals surface area contributed by atoms with Gasteiger partial charge in [-0.25, -0.2) is 8.42 Å². The van der Waals surface area contributed by atoms with E-state index in [0.717, 1.165) is 5.69 Å². The van der Waals surface area contributed by atoms with Gasteiger partial charge in [-0.15, -0.1) is 0 Å². The van der Waals surface area contributed by atoms with Crippen molar-refractivity contribution in [2.45, 2.75) is 11.8 Å². The van der Waals surface area contributed by atoms with E-state index in [4.69, 9.17) is 27.9 Å². The molecule has 146 valence electrons. The predicted molar refractivity (Wildman–Crippen MR) is 113 cm³/mol. The monoisotopic (exact) mass is 492 g/mol. The lowest BCUT2D eigenvalue weighted by atomic mass is 10.2. The van der Waals surface area contributed by atoms with Crippen molar-refractivity contribution in [1.82, 2.24) is 4.31 Å². The Bertz CT molecular complexity index is 932. The van der Waals surface area contributed by atoms with Gasteiger partial charge in [-0.3, -0.25) is 0 Å². The molecule has 1 saturated heterocycles. The van der Waals surface area contributed by atoms with Gasteiger partial charge in [-0.1, -0.05) is 45.2 Å². The van der Waals surface area contributed by atoms with E-state index < -0.39 is 10.0 Å². The summed E-state index contributed by atoms with van der Waals surface area (Å²) in [7, 11) is -3.67. The van der Waals surface area contributed by atoms with E-state index in [-0.39, 0.29) is 4.90 Å². The van der Waals surface area contributed by atoms with Crippen molar-refractivity contribution in [1.29, 1.82) is 0 Å². The first kappa shape index (κ1) is 20.7. The molecule has 1 aliphatic heterocycles. The molecule has 0 aromatic heterocycles. The van der Waals surface area contributed by atoms with Crippen LogP contribution in [0.3, 0.4) is 0 Å². The Balaban J connectivity index is 1.81. The van der Waals surface area contributed by atoms with Crippen molar-refractivity contribution in [3.05, 3.63) is 50.9 Å². The Labute approximate surface area is 178 Å². The summed E-state index contributed by atoms with van der Waals surface area (Å²) in [6, 6.07) is 10.5. The van der Waals surface area contributed by atoms with Gasteiger partial charge in [0, 0.05) is 30.7 Å². The summed E-state index contributed by atoms with van der Waals surface area (Å²) < 4.78 is 34.0. The second kappa shape index (κ2) is 8.57. The summed E-state index contributed by atoms with van der Waals surface area (Å²) >= 11 is 15.7. The van der Waals surface area contributed by atoms with Crippen LogP contribution in [0.4, 0.5) is 5.69 Å². The number of halogens is 3.